The number of hydrogen-bond acceptors (Lipinski definition) is 7. The Morgan fingerprint density at radius 3 is 2.44 bits per heavy atom. The molecule has 1 fully saturated rings. The second-order valence-corrected chi connectivity index (χ2v) is 7.79. The molecule has 2 N–H and O–H groups in total. The molecule has 3 aromatic rings. The van der Waals surface area contributed by atoms with E-state index >= 15 is 0 Å². The van der Waals surface area contributed by atoms with Gasteiger partial charge in [0, 0.05) is 49.0 Å². The monoisotopic (exact) mass is 380 g/mol. The Hall–Kier alpha value is -2.51. The highest BCUT2D eigenvalue weighted by molar-refractivity contribution is 7.15. The minimum atomic E-state index is 0.653. The van der Waals surface area contributed by atoms with Crippen LogP contribution in [0.1, 0.15) is 11.3 Å². The van der Waals surface area contributed by atoms with Gasteiger partial charge in [0.2, 0.25) is 5.95 Å². The number of aryl methyl sites for hydroxylation is 1. The fourth-order valence-electron chi connectivity index (χ4n) is 3.45. The predicted octanol–water partition coefficient (Wildman–Crippen LogP) is 2.94. The third kappa shape index (κ3) is 4.43. The smallest absolute Gasteiger partial charge is 0.225 e. The number of thiazole rings is 1. The van der Waals surface area contributed by atoms with Gasteiger partial charge in [0.25, 0.3) is 0 Å². The van der Waals surface area contributed by atoms with Crippen LogP contribution in [0.3, 0.4) is 0 Å². The quantitative estimate of drug-likeness (QED) is 0.709. The van der Waals surface area contributed by atoms with E-state index < -0.39 is 0 Å². The first-order valence-corrected chi connectivity index (χ1v) is 10.2. The Bertz CT molecular complexity index is 843. The molecule has 0 unspecified atom stereocenters. The summed E-state index contributed by atoms with van der Waals surface area (Å²) in [5.41, 5.74) is 8.18. The van der Waals surface area contributed by atoms with Gasteiger partial charge in [-0.1, -0.05) is 30.3 Å². The number of benzene rings is 1. The van der Waals surface area contributed by atoms with Gasteiger partial charge in [-0.3, -0.25) is 4.90 Å². The highest BCUT2D eigenvalue weighted by atomic mass is 32.1. The van der Waals surface area contributed by atoms with Crippen LogP contribution in [0.25, 0.3) is 11.3 Å². The Kier molecular flexibility index (Phi) is 5.60. The van der Waals surface area contributed by atoms with Gasteiger partial charge in [0.05, 0.1) is 5.69 Å². The van der Waals surface area contributed by atoms with Crippen molar-refractivity contribution in [2.45, 2.75) is 12.8 Å². The van der Waals surface area contributed by atoms with Crippen molar-refractivity contribution >= 4 is 22.4 Å². The van der Waals surface area contributed by atoms with Crippen molar-refractivity contribution in [3.05, 3.63) is 53.7 Å². The molecule has 0 saturated carbocycles. The summed E-state index contributed by atoms with van der Waals surface area (Å²) in [5.74, 6) is 0.838. The average molecular weight is 381 g/mol. The number of aromatic nitrogens is 3. The highest BCUT2D eigenvalue weighted by Crippen LogP contribution is 2.30. The van der Waals surface area contributed by atoms with Crippen LogP contribution in [0.4, 0.5) is 11.1 Å². The largest absolute Gasteiger partial charge is 0.375 e. The average Bonchev–Trinajstić information content (AvgIpc) is 3.10. The molecule has 0 spiro atoms. The first-order valence-electron chi connectivity index (χ1n) is 9.34. The van der Waals surface area contributed by atoms with E-state index in [1.165, 1.54) is 4.88 Å². The summed E-state index contributed by atoms with van der Waals surface area (Å²) >= 11 is 1.62. The second kappa shape index (κ2) is 8.45. The zero-order chi connectivity index (χ0) is 18.5. The van der Waals surface area contributed by atoms with E-state index in [0.717, 1.165) is 62.8 Å². The van der Waals surface area contributed by atoms with E-state index in [2.05, 4.69) is 36.9 Å². The van der Waals surface area contributed by atoms with Crippen LogP contribution in [0, 0.1) is 0 Å². The normalized spacial score (nSPS) is 15.2. The molecule has 1 aliphatic rings. The molecule has 1 saturated heterocycles. The van der Waals surface area contributed by atoms with E-state index in [-0.39, 0.29) is 0 Å². The Morgan fingerprint density at radius 2 is 1.70 bits per heavy atom. The van der Waals surface area contributed by atoms with Crippen LogP contribution in [0.2, 0.25) is 0 Å². The fourth-order valence-corrected chi connectivity index (χ4v) is 4.35. The molecule has 1 aliphatic heterocycles. The summed E-state index contributed by atoms with van der Waals surface area (Å²) in [6.07, 6.45) is 5.74. The van der Waals surface area contributed by atoms with Crippen LogP contribution in [-0.4, -0.2) is 52.6 Å². The summed E-state index contributed by atoms with van der Waals surface area (Å²) < 4.78 is 0. The van der Waals surface area contributed by atoms with Gasteiger partial charge in [0.15, 0.2) is 5.13 Å². The standard InChI is InChI=1S/C20H24N6S/c21-19-24-18(16-6-2-1-3-7-16)17(27-19)8-4-11-25-12-14-26(15-13-25)20-22-9-5-10-23-20/h1-3,5-7,9-10H,4,8,11-15H2,(H2,21,24). The maximum Gasteiger partial charge on any atom is 0.225 e. The molecule has 4 rings (SSSR count). The lowest BCUT2D eigenvalue weighted by molar-refractivity contribution is 0.254. The first-order chi connectivity index (χ1) is 13.3. The van der Waals surface area contributed by atoms with Crippen molar-refractivity contribution in [3.63, 3.8) is 0 Å². The maximum absolute atomic E-state index is 5.98. The molecule has 0 atom stereocenters. The third-order valence-electron chi connectivity index (χ3n) is 4.85. The van der Waals surface area contributed by atoms with Gasteiger partial charge in [-0.05, 0) is 25.5 Å². The van der Waals surface area contributed by atoms with E-state index in [9.17, 15) is 0 Å². The minimum absolute atomic E-state index is 0.653. The van der Waals surface area contributed by atoms with Crippen molar-refractivity contribution in [2.75, 3.05) is 43.4 Å². The van der Waals surface area contributed by atoms with E-state index in [4.69, 9.17) is 5.73 Å². The molecule has 1 aromatic carbocycles. The first kappa shape index (κ1) is 17.9. The van der Waals surface area contributed by atoms with E-state index in [1.807, 2.05) is 24.3 Å². The van der Waals surface area contributed by atoms with Gasteiger partial charge in [-0.15, -0.1) is 11.3 Å². The van der Waals surface area contributed by atoms with Gasteiger partial charge in [0.1, 0.15) is 0 Å². The van der Waals surface area contributed by atoms with E-state index in [0.29, 0.717) is 5.13 Å². The lowest BCUT2D eigenvalue weighted by Gasteiger charge is -2.34. The molecule has 0 radical (unpaired) electrons. The van der Waals surface area contributed by atoms with Crippen molar-refractivity contribution in [2.24, 2.45) is 0 Å². The molecular formula is C20H24N6S. The molecule has 2 aromatic heterocycles. The molecule has 27 heavy (non-hydrogen) atoms. The SMILES string of the molecule is Nc1nc(-c2ccccc2)c(CCCN2CCN(c3ncccn3)CC2)s1. The van der Waals surface area contributed by atoms with Crippen LogP contribution in [0.5, 0.6) is 0 Å². The topological polar surface area (TPSA) is 71.2 Å². The van der Waals surface area contributed by atoms with Gasteiger partial charge < -0.3 is 10.6 Å². The van der Waals surface area contributed by atoms with Crippen molar-refractivity contribution < 1.29 is 0 Å². The van der Waals surface area contributed by atoms with Crippen LogP contribution in [-0.2, 0) is 6.42 Å². The number of nitrogen functional groups attached to an aromatic ring is 1. The second-order valence-electron chi connectivity index (χ2n) is 6.67. The van der Waals surface area contributed by atoms with E-state index in [1.54, 1.807) is 23.7 Å². The molecule has 7 heteroatoms. The highest BCUT2D eigenvalue weighted by Gasteiger charge is 2.19. The fraction of sp³-hybridized carbons (Fsp3) is 0.350. The van der Waals surface area contributed by atoms with Crippen molar-refractivity contribution in [1.82, 2.24) is 19.9 Å². The number of hydrogen-bond donors (Lipinski definition) is 1. The lowest BCUT2D eigenvalue weighted by atomic mass is 10.1. The number of nitrogens with zero attached hydrogens (tertiary/aromatic N) is 5. The number of piperazine rings is 1. The van der Waals surface area contributed by atoms with Gasteiger partial charge >= 0.3 is 0 Å². The summed E-state index contributed by atoms with van der Waals surface area (Å²) in [6, 6.07) is 12.2. The maximum atomic E-state index is 5.98. The molecule has 0 bridgehead atoms. The third-order valence-corrected chi connectivity index (χ3v) is 5.79. The Morgan fingerprint density at radius 1 is 0.963 bits per heavy atom. The summed E-state index contributed by atoms with van der Waals surface area (Å²) in [6.45, 7) is 5.15. The van der Waals surface area contributed by atoms with Crippen LogP contribution >= 0.6 is 11.3 Å². The minimum Gasteiger partial charge on any atom is -0.375 e. The Labute approximate surface area is 163 Å². The van der Waals surface area contributed by atoms with Gasteiger partial charge in [-0.2, -0.15) is 0 Å². The summed E-state index contributed by atoms with van der Waals surface area (Å²) in [7, 11) is 0. The number of rotatable bonds is 6. The zero-order valence-electron chi connectivity index (χ0n) is 15.3. The Balaban J connectivity index is 1.29. The molecule has 0 amide bonds. The molecule has 3 heterocycles. The molecular weight excluding hydrogens is 356 g/mol. The lowest BCUT2D eigenvalue weighted by Crippen LogP contribution is -2.47. The summed E-state index contributed by atoms with van der Waals surface area (Å²) in [4.78, 5) is 19.3. The predicted molar refractivity (Wildman–Crippen MR) is 111 cm³/mol. The summed E-state index contributed by atoms with van der Waals surface area (Å²) in [5, 5.41) is 0.653. The van der Waals surface area contributed by atoms with Crippen LogP contribution in [0.15, 0.2) is 48.8 Å². The van der Waals surface area contributed by atoms with Crippen LogP contribution < -0.4 is 10.6 Å². The molecule has 140 valence electrons. The number of anilines is 2. The molecule has 6 nitrogen and oxygen atoms in total. The molecule has 0 aliphatic carbocycles. The number of nitrogens with two attached hydrogens (primary N) is 1. The van der Waals surface area contributed by atoms with Crippen molar-refractivity contribution in [3.8, 4) is 11.3 Å². The zero-order valence-corrected chi connectivity index (χ0v) is 16.1. The van der Waals surface area contributed by atoms with Gasteiger partial charge in [-0.25, -0.2) is 15.0 Å². The van der Waals surface area contributed by atoms with Crippen molar-refractivity contribution in [1.29, 1.82) is 0 Å².